The van der Waals surface area contributed by atoms with Crippen molar-refractivity contribution in [2.45, 2.75) is 52.4 Å². The van der Waals surface area contributed by atoms with Gasteiger partial charge in [-0.2, -0.15) is 10.2 Å². The largest absolute Gasteiger partial charge is 0.271 e. The summed E-state index contributed by atoms with van der Waals surface area (Å²) in [4.78, 5) is 24.7. The van der Waals surface area contributed by atoms with Gasteiger partial charge in [0.1, 0.15) is 0 Å². The van der Waals surface area contributed by atoms with Gasteiger partial charge in [0.25, 0.3) is 11.8 Å². The molecule has 0 unspecified atom stereocenters. The number of amides is 2. The Morgan fingerprint density at radius 1 is 0.556 bits per heavy atom. The van der Waals surface area contributed by atoms with Crippen LogP contribution in [0.15, 0.2) is 83.0 Å². The summed E-state index contributed by atoms with van der Waals surface area (Å²) in [6.07, 6.45) is 3.20. The Morgan fingerprint density at radius 3 is 1.14 bits per heavy atom. The number of nitrogens with zero attached hydrogens (tertiary/aromatic N) is 2. The molecule has 186 valence electrons. The number of carbonyl (C=O) groups is 2. The van der Waals surface area contributed by atoms with Crippen LogP contribution in [0.3, 0.4) is 0 Å². The molecule has 36 heavy (non-hydrogen) atoms. The molecule has 3 rings (SSSR count). The van der Waals surface area contributed by atoms with E-state index < -0.39 is 0 Å². The van der Waals surface area contributed by atoms with Crippen molar-refractivity contribution in [3.63, 3.8) is 0 Å². The van der Waals surface area contributed by atoms with Gasteiger partial charge < -0.3 is 0 Å². The van der Waals surface area contributed by atoms with Gasteiger partial charge in [0.2, 0.25) is 0 Å². The SMILES string of the molecule is CC(C)(C)c1ccc(C=NNC(=O)c2ccc(C(=O)NN=Cc3ccc(C(C)(C)C)cc3)cc2)cc1. The molecule has 0 heterocycles. The third-order valence-corrected chi connectivity index (χ3v) is 5.72. The van der Waals surface area contributed by atoms with Gasteiger partial charge in [-0.05, 0) is 57.3 Å². The minimum atomic E-state index is -0.360. The predicted octanol–water partition coefficient (Wildman–Crippen LogP) is 5.81. The monoisotopic (exact) mass is 482 g/mol. The quantitative estimate of drug-likeness (QED) is 0.343. The van der Waals surface area contributed by atoms with Crippen molar-refractivity contribution in [3.8, 4) is 0 Å². The highest BCUT2D eigenvalue weighted by atomic mass is 16.2. The van der Waals surface area contributed by atoms with Crippen molar-refractivity contribution in [1.82, 2.24) is 10.9 Å². The van der Waals surface area contributed by atoms with Crippen LogP contribution in [0.5, 0.6) is 0 Å². The molecular formula is C30H34N4O2. The van der Waals surface area contributed by atoms with Crippen molar-refractivity contribution in [1.29, 1.82) is 0 Å². The number of carbonyl (C=O) groups excluding carboxylic acids is 2. The van der Waals surface area contributed by atoms with E-state index in [1.54, 1.807) is 36.7 Å². The number of hydrogen-bond donors (Lipinski definition) is 2. The summed E-state index contributed by atoms with van der Waals surface area (Å²) in [5, 5.41) is 8.06. The maximum atomic E-state index is 12.4. The molecular weight excluding hydrogens is 448 g/mol. The highest BCUT2D eigenvalue weighted by Crippen LogP contribution is 2.22. The molecule has 0 atom stereocenters. The van der Waals surface area contributed by atoms with Crippen molar-refractivity contribution in [3.05, 3.63) is 106 Å². The molecule has 0 aliphatic heterocycles. The van der Waals surface area contributed by atoms with Crippen molar-refractivity contribution in [2.75, 3.05) is 0 Å². The molecule has 0 aromatic heterocycles. The van der Waals surface area contributed by atoms with Crippen LogP contribution in [0.4, 0.5) is 0 Å². The van der Waals surface area contributed by atoms with Crippen LogP contribution in [-0.2, 0) is 10.8 Å². The molecule has 0 aliphatic carbocycles. The van der Waals surface area contributed by atoms with E-state index in [0.717, 1.165) is 11.1 Å². The number of hydrazone groups is 2. The first kappa shape index (κ1) is 26.5. The maximum absolute atomic E-state index is 12.4. The normalized spacial score (nSPS) is 12.2. The summed E-state index contributed by atoms with van der Waals surface area (Å²) in [5.74, 6) is -0.720. The second-order valence-electron chi connectivity index (χ2n) is 10.7. The number of nitrogens with one attached hydrogen (secondary N) is 2. The van der Waals surface area contributed by atoms with Crippen LogP contribution < -0.4 is 10.9 Å². The molecule has 0 aliphatic rings. The van der Waals surface area contributed by atoms with Crippen LogP contribution in [0, 0.1) is 0 Å². The minimum absolute atomic E-state index is 0.0810. The molecule has 3 aromatic carbocycles. The van der Waals surface area contributed by atoms with Crippen molar-refractivity contribution >= 4 is 24.2 Å². The van der Waals surface area contributed by atoms with Crippen molar-refractivity contribution in [2.24, 2.45) is 10.2 Å². The third-order valence-electron chi connectivity index (χ3n) is 5.72. The fourth-order valence-corrected chi connectivity index (χ4v) is 3.37. The fraction of sp³-hybridized carbons (Fsp3) is 0.267. The molecule has 6 heteroatoms. The Kier molecular flexibility index (Phi) is 8.20. The summed E-state index contributed by atoms with van der Waals surface area (Å²) >= 11 is 0. The summed E-state index contributed by atoms with van der Waals surface area (Å²) < 4.78 is 0. The Morgan fingerprint density at radius 2 is 0.861 bits per heavy atom. The third kappa shape index (κ3) is 7.47. The van der Waals surface area contributed by atoms with Gasteiger partial charge in [-0.15, -0.1) is 0 Å². The summed E-state index contributed by atoms with van der Waals surface area (Å²) in [7, 11) is 0. The van der Waals surface area contributed by atoms with Gasteiger partial charge in [-0.1, -0.05) is 90.1 Å². The van der Waals surface area contributed by atoms with E-state index in [1.807, 2.05) is 24.3 Å². The van der Waals surface area contributed by atoms with Crippen molar-refractivity contribution < 1.29 is 9.59 Å². The highest BCUT2D eigenvalue weighted by molar-refractivity contribution is 5.98. The van der Waals surface area contributed by atoms with Gasteiger partial charge in [-0.3, -0.25) is 9.59 Å². The number of hydrogen-bond acceptors (Lipinski definition) is 4. The lowest BCUT2D eigenvalue weighted by molar-refractivity contribution is 0.0943. The lowest BCUT2D eigenvalue weighted by Crippen LogP contribution is -2.19. The Balaban J connectivity index is 1.51. The summed E-state index contributed by atoms with van der Waals surface area (Å²) in [5.41, 5.74) is 10.2. The first-order chi connectivity index (χ1) is 16.9. The van der Waals surface area contributed by atoms with Gasteiger partial charge in [0.15, 0.2) is 0 Å². The molecule has 0 fully saturated rings. The number of benzene rings is 3. The second kappa shape index (κ2) is 11.1. The molecule has 0 saturated heterocycles. The van der Waals surface area contributed by atoms with E-state index in [0.29, 0.717) is 11.1 Å². The fourth-order valence-electron chi connectivity index (χ4n) is 3.37. The lowest BCUT2D eigenvalue weighted by atomic mass is 9.87. The van der Waals surface area contributed by atoms with E-state index in [1.165, 1.54) is 11.1 Å². The van der Waals surface area contributed by atoms with Crippen LogP contribution in [0.2, 0.25) is 0 Å². The molecule has 0 saturated carbocycles. The first-order valence-electron chi connectivity index (χ1n) is 11.9. The van der Waals surface area contributed by atoms with Gasteiger partial charge in [0, 0.05) is 11.1 Å². The smallest absolute Gasteiger partial charge is 0.267 e. The van der Waals surface area contributed by atoms with E-state index in [2.05, 4.69) is 86.9 Å². The molecule has 0 bridgehead atoms. The molecule has 2 amide bonds. The number of rotatable bonds is 6. The average Bonchev–Trinajstić information content (AvgIpc) is 2.83. The Bertz CT molecular complexity index is 1140. The highest BCUT2D eigenvalue weighted by Gasteiger charge is 2.13. The molecule has 6 nitrogen and oxygen atoms in total. The maximum Gasteiger partial charge on any atom is 0.271 e. The zero-order valence-electron chi connectivity index (χ0n) is 21.8. The average molecular weight is 483 g/mol. The predicted molar refractivity (Wildman–Crippen MR) is 147 cm³/mol. The van der Waals surface area contributed by atoms with Gasteiger partial charge in [0.05, 0.1) is 12.4 Å². The molecule has 2 N–H and O–H groups in total. The Hall–Kier alpha value is -4.06. The van der Waals surface area contributed by atoms with E-state index in [-0.39, 0.29) is 22.6 Å². The zero-order valence-corrected chi connectivity index (χ0v) is 21.8. The second-order valence-corrected chi connectivity index (χ2v) is 10.7. The lowest BCUT2D eigenvalue weighted by Gasteiger charge is -2.18. The topological polar surface area (TPSA) is 82.9 Å². The first-order valence-corrected chi connectivity index (χ1v) is 11.9. The van der Waals surface area contributed by atoms with Gasteiger partial charge in [-0.25, -0.2) is 10.9 Å². The van der Waals surface area contributed by atoms with E-state index in [9.17, 15) is 9.59 Å². The summed E-state index contributed by atoms with van der Waals surface area (Å²) in [6, 6.07) is 22.4. The van der Waals surface area contributed by atoms with Crippen LogP contribution in [-0.4, -0.2) is 24.2 Å². The minimum Gasteiger partial charge on any atom is -0.267 e. The molecule has 0 radical (unpaired) electrons. The molecule has 3 aromatic rings. The van der Waals surface area contributed by atoms with Gasteiger partial charge >= 0.3 is 0 Å². The Labute approximate surface area is 213 Å². The summed E-state index contributed by atoms with van der Waals surface area (Å²) in [6.45, 7) is 12.9. The van der Waals surface area contributed by atoms with Crippen LogP contribution in [0.1, 0.15) is 84.5 Å². The van der Waals surface area contributed by atoms with E-state index >= 15 is 0 Å². The molecule has 0 spiro atoms. The zero-order chi connectivity index (χ0) is 26.3. The van der Waals surface area contributed by atoms with Crippen LogP contribution in [0.25, 0.3) is 0 Å². The standard InChI is InChI=1S/C30H34N4O2/c1-29(2,3)25-15-7-21(8-16-25)19-31-33-27(35)23-11-13-24(14-12-23)28(36)34-32-20-22-9-17-26(18-10-22)30(4,5)6/h7-20H,1-6H3,(H,33,35)(H,34,36). The van der Waals surface area contributed by atoms with E-state index in [4.69, 9.17) is 0 Å². The van der Waals surface area contributed by atoms with Crippen LogP contribution >= 0.6 is 0 Å².